The van der Waals surface area contributed by atoms with Gasteiger partial charge in [-0.2, -0.15) is 0 Å². The van der Waals surface area contributed by atoms with Crippen molar-refractivity contribution >= 4 is 28.4 Å². The molecular weight excluding hydrogens is 368 g/mol. The van der Waals surface area contributed by atoms with Crippen LogP contribution in [0.2, 0.25) is 0 Å². The third-order valence-electron chi connectivity index (χ3n) is 4.37. The minimum absolute atomic E-state index is 0.0330. The standard InChI is InChI=1S/C23H18N2O2S/c1-27-18-13-11-16(12-14-18)21(26)15-28-23-24-20-10-6-5-9-19(20)22(25-23)17-7-3-2-4-8-17/h2-14H,15H2,1H3. The van der Waals surface area contributed by atoms with Gasteiger partial charge in [-0.15, -0.1) is 0 Å². The third kappa shape index (κ3) is 3.89. The van der Waals surface area contributed by atoms with Gasteiger partial charge >= 0.3 is 0 Å². The first-order valence-corrected chi connectivity index (χ1v) is 9.85. The van der Waals surface area contributed by atoms with Crippen LogP contribution in [0, 0.1) is 0 Å². The van der Waals surface area contributed by atoms with Crippen molar-refractivity contribution in [2.45, 2.75) is 5.16 Å². The van der Waals surface area contributed by atoms with E-state index < -0.39 is 0 Å². The van der Waals surface area contributed by atoms with Gasteiger partial charge < -0.3 is 4.74 Å². The average Bonchev–Trinajstić information content (AvgIpc) is 2.77. The number of aromatic nitrogens is 2. The number of fused-ring (bicyclic) bond motifs is 1. The Hall–Kier alpha value is -3.18. The smallest absolute Gasteiger partial charge is 0.189 e. The maximum atomic E-state index is 12.5. The lowest BCUT2D eigenvalue weighted by molar-refractivity contribution is 0.102. The molecule has 0 bridgehead atoms. The van der Waals surface area contributed by atoms with Crippen molar-refractivity contribution in [1.82, 2.24) is 9.97 Å². The summed E-state index contributed by atoms with van der Waals surface area (Å²) >= 11 is 1.35. The van der Waals surface area contributed by atoms with Crippen molar-refractivity contribution in [3.63, 3.8) is 0 Å². The number of nitrogens with zero attached hydrogens (tertiary/aromatic N) is 2. The van der Waals surface area contributed by atoms with Crippen molar-refractivity contribution in [1.29, 1.82) is 0 Å². The van der Waals surface area contributed by atoms with Gasteiger partial charge in [-0.25, -0.2) is 9.97 Å². The monoisotopic (exact) mass is 386 g/mol. The number of carbonyl (C=O) groups excluding carboxylic acids is 1. The molecule has 0 N–H and O–H groups in total. The van der Waals surface area contributed by atoms with Gasteiger partial charge in [0.15, 0.2) is 10.9 Å². The molecule has 0 fully saturated rings. The Morgan fingerprint density at radius 2 is 1.61 bits per heavy atom. The van der Waals surface area contributed by atoms with Crippen LogP contribution in [0.1, 0.15) is 10.4 Å². The lowest BCUT2D eigenvalue weighted by atomic mass is 10.1. The van der Waals surface area contributed by atoms with E-state index in [9.17, 15) is 4.79 Å². The van der Waals surface area contributed by atoms with Crippen molar-refractivity contribution < 1.29 is 9.53 Å². The first-order chi connectivity index (χ1) is 13.7. The van der Waals surface area contributed by atoms with Crippen molar-refractivity contribution in [3.05, 3.63) is 84.4 Å². The van der Waals surface area contributed by atoms with Crippen LogP contribution in [0.4, 0.5) is 0 Å². The highest BCUT2D eigenvalue weighted by molar-refractivity contribution is 7.99. The topological polar surface area (TPSA) is 52.1 Å². The Balaban J connectivity index is 1.61. The SMILES string of the molecule is COc1ccc(C(=O)CSc2nc(-c3ccccc3)c3ccccc3n2)cc1. The molecule has 0 saturated carbocycles. The highest BCUT2D eigenvalue weighted by atomic mass is 32.2. The predicted octanol–water partition coefficient (Wildman–Crippen LogP) is 5.28. The maximum absolute atomic E-state index is 12.5. The number of hydrogen-bond acceptors (Lipinski definition) is 5. The van der Waals surface area contributed by atoms with Crippen LogP contribution in [0.3, 0.4) is 0 Å². The van der Waals surface area contributed by atoms with Gasteiger partial charge in [-0.3, -0.25) is 4.79 Å². The average molecular weight is 386 g/mol. The number of carbonyl (C=O) groups is 1. The molecular formula is C23H18N2O2S. The van der Waals surface area contributed by atoms with Gasteiger partial charge in [-0.05, 0) is 30.3 Å². The highest BCUT2D eigenvalue weighted by Crippen LogP contribution is 2.28. The molecule has 5 heteroatoms. The number of ketones is 1. The lowest BCUT2D eigenvalue weighted by Gasteiger charge is -2.08. The van der Waals surface area contributed by atoms with Crippen molar-refractivity contribution in [3.8, 4) is 17.0 Å². The molecule has 4 aromatic rings. The van der Waals surface area contributed by atoms with Crippen molar-refractivity contribution in [2.24, 2.45) is 0 Å². The van der Waals surface area contributed by atoms with E-state index in [-0.39, 0.29) is 11.5 Å². The molecule has 0 aliphatic heterocycles. The molecule has 4 nitrogen and oxygen atoms in total. The molecule has 0 unspecified atom stereocenters. The van der Waals surface area contributed by atoms with Gasteiger partial charge in [0.2, 0.25) is 0 Å². The maximum Gasteiger partial charge on any atom is 0.189 e. The van der Waals surface area contributed by atoms with Gasteiger partial charge in [0.25, 0.3) is 0 Å². The first-order valence-electron chi connectivity index (χ1n) is 8.87. The number of para-hydroxylation sites is 1. The largest absolute Gasteiger partial charge is 0.497 e. The van der Waals surface area contributed by atoms with E-state index in [4.69, 9.17) is 9.72 Å². The van der Waals surface area contributed by atoms with Gasteiger partial charge in [0.05, 0.1) is 24.1 Å². The Bertz CT molecular complexity index is 1110. The van der Waals surface area contributed by atoms with E-state index in [0.717, 1.165) is 27.9 Å². The Kier molecular flexibility index (Phi) is 5.35. The fourth-order valence-electron chi connectivity index (χ4n) is 2.93. The van der Waals surface area contributed by atoms with Gasteiger partial charge in [-0.1, -0.05) is 60.3 Å². The Labute approximate surface area is 167 Å². The number of rotatable bonds is 6. The number of hydrogen-bond donors (Lipinski definition) is 0. The highest BCUT2D eigenvalue weighted by Gasteiger charge is 2.12. The summed E-state index contributed by atoms with van der Waals surface area (Å²) in [6.07, 6.45) is 0. The van der Waals surface area contributed by atoms with E-state index >= 15 is 0 Å². The summed E-state index contributed by atoms with van der Waals surface area (Å²) in [5, 5.41) is 1.60. The lowest BCUT2D eigenvalue weighted by Crippen LogP contribution is -2.03. The number of methoxy groups -OCH3 is 1. The summed E-state index contributed by atoms with van der Waals surface area (Å²) in [7, 11) is 1.61. The molecule has 4 rings (SSSR count). The second-order valence-electron chi connectivity index (χ2n) is 6.18. The van der Waals surface area contributed by atoms with Crippen LogP contribution >= 0.6 is 11.8 Å². The van der Waals surface area contributed by atoms with E-state index in [2.05, 4.69) is 4.98 Å². The molecule has 1 aromatic heterocycles. The third-order valence-corrected chi connectivity index (χ3v) is 5.22. The second-order valence-corrected chi connectivity index (χ2v) is 7.12. The van der Waals surface area contributed by atoms with E-state index in [1.165, 1.54) is 11.8 Å². The zero-order chi connectivity index (χ0) is 19.3. The van der Waals surface area contributed by atoms with Crippen LogP contribution in [0.15, 0.2) is 84.0 Å². The molecule has 0 aliphatic rings. The Morgan fingerprint density at radius 1 is 0.893 bits per heavy atom. The quantitative estimate of drug-likeness (QED) is 0.256. The van der Waals surface area contributed by atoms with Gasteiger partial charge in [0, 0.05) is 16.5 Å². The van der Waals surface area contributed by atoms with E-state index in [1.54, 1.807) is 31.4 Å². The molecule has 1 heterocycles. The molecule has 0 radical (unpaired) electrons. The molecule has 0 amide bonds. The van der Waals surface area contributed by atoms with Crippen LogP contribution < -0.4 is 4.74 Å². The number of Topliss-reactive ketones (excluding diaryl/α,β-unsaturated/α-hetero) is 1. The van der Waals surface area contributed by atoms with Crippen LogP contribution in [-0.4, -0.2) is 28.6 Å². The minimum atomic E-state index is 0.0330. The fraction of sp³-hybridized carbons (Fsp3) is 0.0870. The van der Waals surface area contributed by atoms with E-state index in [1.807, 2.05) is 54.6 Å². The minimum Gasteiger partial charge on any atom is -0.497 e. The normalized spacial score (nSPS) is 10.8. The van der Waals surface area contributed by atoms with Gasteiger partial charge in [0.1, 0.15) is 5.75 Å². The molecule has 0 saturated heterocycles. The molecule has 0 atom stereocenters. The fourth-order valence-corrected chi connectivity index (χ4v) is 3.67. The molecule has 28 heavy (non-hydrogen) atoms. The summed E-state index contributed by atoms with van der Waals surface area (Å²) in [5.74, 6) is 1.04. The summed E-state index contributed by atoms with van der Waals surface area (Å²) in [6, 6.07) is 25.1. The summed E-state index contributed by atoms with van der Waals surface area (Å²) < 4.78 is 5.14. The van der Waals surface area contributed by atoms with Crippen LogP contribution in [0.25, 0.3) is 22.2 Å². The number of thioether (sulfide) groups is 1. The summed E-state index contributed by atoms with van der Waals surface area (Å²) in [4.78, 5) is 21.9. The second kappa shape index (κ2) is 8.23. The van der Waals surface area contributed by atoms with Crippen molar-refractivity contribution in [2.75, 3.05) is 12.9 Å². The number of ether oxygens (including phenoxy) is 1. The summed E-state index contributed by atoms with van der Waals surface area (Å²) in [6.45, 7) is 0. The van der Waals surface area contributed by atoms with Crippen LogP contribution in [0.5, 0.6) is 5.75 Å². The molecule has 0 spiro atoms. The molecule has 0 aliphatic carbocycles. The molecule has 138 valence electrons. The Morgan fingerprint density at radius 3 is 2.36 bits per heavy atom. The van der Waals surface area contributed by atoms with E-state index in [0.29, 0.717) is 10.7 Å². The zero-order valence-electron chi connectivity index (χ0n) is 15.3. The number of benzene rings is 3. The molecule has 3 aromatic carbocycles. The summed E-state index contributed by atoms with van der Waals surface area (Å²) in [5.41, 5.74) is 3.43. The predicted molar refractivity (Wildman–Crippen MR) is 113 cm³/mol. The zero-order valence-corrected chi connectivity index (χ0v) is 16.1. The van der Waals surface area contributed by atoms with Crippen LogP contribution in [-0.2, 0) is 0 Å². The first kappa shape index (κ1) is 18.2.